The molecule has 0 spiro atoms. The number of nitrogens with one attached hydrogen (secondary N) is 1. The largest absolute Gasteiger partial charge is 0.493 e. The quantitative estimate of drug-likeness (QED) is 0.928. The summed E-state index contributed by atoms with van der Waals surface area (Å²) >= 11 is 0. The highest BCUT2D eigenvalue weighted by molar-refractivity contribution is 5.75. The standard InChI is InChI=1S/C17H27N3O3/c1-17(2,3)18-16(21)20-10-8-19(9-11-20)13-6-7-14(22-4)15(12-13)23-5/h6-7,12H,8-11H2,1-5H3,(H,18,21). The van der Waals surface area contributed by atoms with Gasteiger partial charge in [0.15, 0.2) is 11.5 Å². The molecule has 6 nitrogen and oxygen atoms in total. The minimum atomic E-state index is -0.211. The molecule has 23 heavy (non-hydrogen) atoms. The molecule has 1 saturated heterocycles. The highest BCUT2D eigenvalue weighted by Crippen LogP contribution is 2.31. The van der Waals surface area contributed by atoms with E-state index in [1.807, 2.05) is 43.9 Å². The molecule has 0 aliphatic carbocycles. The molecule has 0 saturated carbocycles. The molecule has 1 N–H and O–H groups in total. The number of methoxy groups -OCH3 is 2. The van der Waals surface area contributed by atoms with Crippen molar-refractivity contribution in [1.82, 2.24) is 10.2 Å². The van der Waals surface area contributed by atoms with E-state index in [9.17, 15) is 4.79 Å². The number of carbonyl (C=O) groups is 1. The van der Waals surface area contributed by atoms with Gasteiger partial charge in [0.2, 0.25) is 0 Å². The summed E-state index contributed by atoms with van der Waals surface area (Å²) in [4.78, 5) is 16.3. The summed E-state index contributed by atoms with van der Waals surface area (Å²) in [5, 5.41) is 3.01. The molecule has 1 aliphatic heterocycles. The lowest BCUT2D eigenvalue weighted by molar-refractivity contribution is 0.185. The van der Waals surface area contributed by atoms with Crippen molar-refractivity contribution in [2.45, 2.75) is 26.3 Å². The van der Waals surface area contributed by atoms with Gasteiger partial charge in [-0.1, -0.05) is 0 Å². The van der Waals surface area contributed by atoms with Crippen molar-refractivity contribution in [3.63, 3.8) is 0 Å². The zero-order chi connectivity index (χ0) is 17.0. The molecule has 1 heterocycles. The third kappa shape index (κ3) is 4.43. The van der Waals surface area contributed by atoms with Gasteiger partial charge in [0.05, 0.1) is 14.2 Å². The number of urea groups is 1. The van der Waals surface area contributed by atoms with Crippen molar-refractivity contribution in [3.8, 4) is 11.5 Å². The van der Waals surface area contributed by atoms with Crippen LogP contribution >= 0.6 is 0 Å². The van der Waals surface area contributed by atoms with Gasteiger partial charge >= 0.3 is 6.03 Å². The van der Waals surface area contributed by atoms with Crippen molar-refractivity contribution >= 4 is 11.7 Å². The Balaban J connectivity index is 1.98. The topological polar surface area (TPSA) is 54.0 Å². The van der Waals surface area contributed by atoms with Crippen LogP contribution in [0.4, 0.5) is 10.5 Å². The van der Waals surface area contributed by atoms with E-state index in [0.29, 0.717) is 13.1 Å². The fourth-order valence-electron chi connectivity index (χ4n) is 2.59. The van der Waals surface area contributed by atoms with Crippen LogP contribution in [0.3, 0.4) is 0 Å². The molecular weight excluding hydrogens is 294 g/mol. The third-order valence-electron chi connectivity index (χ3n) is 3.78. The highest BCUT2D eigenvalue weighted by Gasteiger charge is 2.24. The van der Waals surface area contributed by atoms with Crippen LogP contribution in [0.1, 0.15) is 20.8 Å². The number of ether oxygens (including phenoxy) is 2. The van der Waals surface area contributed by atoms with E-state index in [1.165, 1.54) is 0 Å². The first kappa shape index (κ1) is 17.2. The first-order valence-electron chi connectivity index (χ1n) is 7.88. The van der Waals surface area contributed by atoms with Gasteiger partial charge in [-0.2, -0.15) is 0 Å². The summed E-state index contributed by atoms with van der Waals surface area (Å²) in [6.45, 7) is 8.98. The Morgan fingerprint density at radius 2 is 1.65 bits per heavy atom. The van der Waals surface area contributed by atoms with E-state index >= 15 is 0 Å². The average Bonchev–Trinajstić information content (AvgIpc) is 2.52. The fraction of sp³-hybridized carbons (Fsp3) is 0.588. The number of piperazine rings is 1. The van der Waals surface area contributed by atoms with E-state index in [4.69, 9.17) is 9.47 Å². The number of amides is 2. The van der Waals surface area contributed by atoms with Gasteiger partial charge < -0.3 is 24.6 Å². The molecule has 0 bridgehead atoms. The number of carbonyl (C=O) groups excluding carboxylic acids is 1. The highest BCUT2D eigenvalue weighted by atomic mass is 16.5. The van der Waals surface area contributed by atoms with Crippen LogP contribution in [0.2, 0.25) is 0 Å². The summed E-state index contributed by atoms with van der Waals surface area (Å²) in [5.74, 6) is 1.44. The van der Waals surface area contributed by atoms with Crippen LogP contribution in [0.15, 0.2) is 18.2 Å². The number of rotatable bonds is 3. The molecule has 2 amide bonds. The van der Waals surface area contributed by atoms with Crippen LogP contribution in [0.5, 0.6) is 11.5 Å². The van der Waals surface area contributed by atoms with Gasteiger partial charge in [0.1, 0.15) is 0 Å². The smallest absolute Gasteiger partial charge is 0.317 e. The summed E-state index contributed by atoms with van der Waals surface area (Å²) in [6.07, 6.45) is 0. The number of anilines is 1. The second-order valence-corrected chi connectivity index (χ2v) is 6.69. The lowest BCUT2D eigenvalue weighted by Crippen LogP contribution is -2.55. The molecule has 0 unspecified atom stereocenters. The normalized spacial score (nSPS) is 15.3. The van der Waals surface area contributed by atoms with Crippen LogP contribution in [-0.2, 0) is 0 Å². The van der Waals surface area contributed by atoms with Gasteiger partial charge in [-0.25, -0.2) is 4.79 Å². The maximum Gasteiger partial charge on any atom is 0.317 e. The molecule has 6 heteroatoms. The van der Waals surface area contributed by atoms with Gasteiger partial charge in [0.25, 0.3) is 0 Å². The van der Waals surface area contributed by atoms with E-state index in [1.54, 1.807) is 14.2 Å². The molecule has 1 aliphatic rings. The van der Waals surface area contributed by atoms with Crippen molar-refractivity contribution in [1.29, 1.82) is 0 Å². The third-order valence-corrected chi connectivity index (χ3v) is 3.78. The van der Waals surface area contributed by atoms with E-state index in [2.05, 4.69) is 10.2 Å². The Kier molecular flexibility index (Phi) is 5.23. The SMILES string of the molecule is COc1ccc(N2CCN(C(=O)NC(C)(C)C)CC2)cc1OC. The van der Waals surface area contributed by atoms with E-state index in [0.717, 1.165) is 30.3 Å². The average molecular weight is 321 g/mol. The molecule has 0 radical (unpaired) electrons. The number of hydrogen-bond acceptors (Lipinski definition) is 4. The number of hydrogen-bond donors (Lipinski definition) is 1. The zero-order valence-electron chi connectivity index (χ0n) is 14.7. The van der Waals surface area contributed by atoms with Crippen molar-refractivity contribution in [3.05, 3.63) is 18.2 Å². The van der Waals surface area contributed by atoms with Gasteiger partial charge in [-0.15, -0.1) is 0 Å². The maximum absolute atomic E-state index is 12.2. The predicted octanol–water partition coefficient (Wildman–Crippen LogP) is 2.33. The van der Waals surface area contributed by atoms with Crippen LogP contribution in [0, 0.1) is 0 Å². The van der Waals surface area contributed by atoms with E-state index < -0.39 is 0 Å². The van der Waals surface area contributed by atoms with Crippen LogP contribution in [0.25, 0.3) is 0 Å². The predicted molar refractivity (Wildman–Crippen MR) is 91.6 cm³/mol. The Morgan fingerprint density at radius 3 is 2.17 bits per heavy atom. The lowest BCUT2D eigenvalue weighted by Gasteiger charge is -2.37. The first-order chi connectivity index (χ1) is 10.8. The molecule has 1 aromatic rings. The Bertz CT molecular complexity index is 547. The Morgan fingerprint density at radius 1 is 1.04 bits per heavy atom. The van der Waals surface area contributed by atoms with Crippen molar-refractivity contribution in [2.75, 3.05) is 45.3 Å². The first-order valence-corrected chi connectivity index (χ1v) is 7.88. The van der Waals surface area contributed by atoms with Crippen molar-refractivity contribution in [2.24, 2.45) is 0 Å². The van der Waals surface area contributed by atoms with Gasteiger partial charge in [-0.05, 0) is 32.9 Å². The van der Waals surface area contributed by atoms with Gasteiger partial charge in [0, 0.05) is 43.5 Å². The van der Waals surface area contributed by atoms with Gasteiger partial charge in [-0.3, -0.25) is 0 Å². The van der Waals surface area contributed by atoms with Crippen LogP contribution in [-0.4, -0.2) is 56.9 Å². The molecular formula is C17H27N3O3. The molecule has 1 fully saturated rings. The second-order valence-electron chi connectivity index (χ2n) is 6.69. The molecule has 0 atom stereocenters. The molecule has 2 rings (SSSR count). The summed E-state index contributed by atoms with van der Waals surface area (Å²) in [5.41, 5.74) is 0.871. The second kappa shape index (κ2) is 6.98. The summed E-state index contributed by atoms with van der Waals surface area (Å²) in [6, 6.07) is 5.91. The molecule has 0 aromatic heterocycles. The van der Waals surface area contributed by atoms with E-state index in [-0.39, 0.29) is 11.6 Å². The minimum absolute atomic E-state index is 0.00413. The maximum atomic E-state index is 12.2. The number of nitrogens with zero attached hydrogens (tertiary/aromatic N) is 2. The summed E-state index contributed by atoms with van der Waals surface area (Å²) < 4.78 is 10.6. The minimum Gasteiger partial charge on any atom is -0.493 e. The van der Waals surface area contributed by atoms with Crippen molar-refractivity contribution < 1.29 is 14.3 Å². The monoisotopic (exact) mass is 321 g/mol. The summed E-state index contributed by atoms with van der Waals surface area (Å²) in [7, 11) is 3.26. The molecule has 128 valence electrons. The zero-order valence-corrected chi connectivity index (χ0v) is 14.7. The Hall–Kier alpha value is -2.11. The Labute approximate surface area is 138 Å². The lowest BCUT2D eigenvalue weighted by atomic mass is 10.1. The fourth-order valence-corrected chi connectivity index (χ4v) is 2.59. The van der Waals surface area contributed by atoms with Crippen LogP contribution < -0.4 is 19.7 Å². The number of benzene rings is 1. The molecule has 1 aromatic carbocycles.